The Bertz CT molecular complexity index is 762. The summed E-state index contributed by atoms with van der Waals surface area (Å²) in [6.07, 6.45) is 0. The fraction of sp³-hybridized carbons (Fsp3) is 0.222. The number of carbonyl (C=O) groups is 2. The van der Waals surface area contributed by atoms with Crippen LogP contribution in [0.4, 0.5) is 5.69 Å². The van der Waals surface area contributed by atoms with E-state index in [2.05, 4.69) is 5.32 Å². The molecule has 1 N–H and O–H groups in total. The van der Waals surface area contributed by atoms with E-state index in [9.17, 15) is 9.59 Å². The van der Waals surface area contributed by atoms with E-state index in [1.165, 1.54) is 11.8 Å². The summed E-state index contributed by atoms with van der Waals surface area (Å²) in [5.74, 6) is -0.508. The molecule has 0 heterocycles. The highest BCUT2D eigenvalue weighted by molar-refractivity contribution is 6.35. The number of amides is 2. The van der Waals surface area contributed by atoms with E-state index in [1.54, 1.807) is 18.2 Å². The number of hydrogen-bond donors (Lipinski definition) is 1. The maximum atomic E-state index is 12.2. The van der Waals surface area contributed by atoms with Gasteiger partial charge in [-0.25, -0.2) is 0 Å². The predicted octanol–water partition coefficient (Wildman–Crippen LogP) is 4.29. The summed E-state index contributed by atoms with van der Waals surface area (Å²) in [7, 11) is 0. The van der Waals surface area contributed by atoms with Crippen LogP contribution in [0.25, 0.3) is 0 Å². The van der Waals surface area contributed by atoms with Gasteiger partial charge < -0.3 is 10.2 Å². The van der Waals surface area contributed by atoms with Gasteiger partial charge in [0.05, 0.1) is 10.7 Å². The maximum absolute atomic E-state index is 12.2. The molecule has 0 aliphatic heterocycles. The van der Waals surface area contributed by atoms with Gasteiger partial charge in [-0.1, -0.05) is 53.0 Å². The standard InChI is InChI=1S/C18H18Cl2N2O2/c1-12-4-3-5-14(8-12)10-22(13(2)23)11-18(24)21-17-9-15(19)6-7-16(17)20/h3-9H,10-11H2,1-2H3,(H,21,24). The van der Waals surface area contributed by atoms with Crippen molar-refractivity contribution in [1.29, 1.82) is 0 Å². The van der Waals surface area contributed by atoms with Crippen molar-refractivity contribution >= 4 is 40.7 Å². The minimum Gasteiger partial charge on any atom is -0.329 e. The van der Waals surface area contributed by atoms with E-state index in [0.717, 1.165) is 11.1 Å². The molecule has 4 nitrogen and oxygen atoms in total. The highest BCUT2D eigenvalue weighted by Gasteiger charge is 2.15. The normalized spacial score (nSPS) is 10.3. The topological polar surface area (TPSA) is 49.4 Å². The van der Waals surface area contributed by atoms with Gasteiger partial charge in [0.2, 0.25) is 11.8 Å². The minimum absolute atomic E-state index is 0.0634. The van der Waals surface area contributed by atoms with E-state index in [-0.39, 0.29) is 18.4 Å². The summed E-state index contributed by atoms with van der Waals surface area (Å²) in [6, 6.07) is 12.6. The first kappa shape index (κ1) is 18.3. The van der Waals surface area contributed by atoms with E-state index in [1.807, 2.05) is 31.2 Å². The summed E-state index contributed by atoms with van der Waals surface area (Å²) in [4.78, 5) is 25.6. The number of nitrogens with zero attached hydrogens (tertiary/aromatic N) is 1. The molecule has 0 aliphatic carbocycles. The summed E-state index contributed by atoms with van der Waals surface area (Å²) >= 11 is 11.9. The number of nitrogens with one attached hydrogen (secondary N) is 1. The number of rotatable bonds is 5. The van der Waals surface area contributed by atoms with Crippen molar-refractivity contribution in [2.24, 2.45) is 0 Å². The van der Waals surface area contributed by atoms with Crippen molar-refractivity contribution in [3.63, 3.8) is 0 Å². The molecule has 6 heteroatoms. The molecule has 0 bridgehead atoms. The monoisotopic (exact) mass is 364 g/mol. The van der Waals surface area contributed by atoms with Crippen LogP contribution in [0.2, 0.25) is 10.0 Å². The zero-order valence-corrected chi connectivity index (χ0v) is 15.0. The van der Waals surface area contributed by atoms with Gasteiger partial charge in [-0.3, -0.25) is 9.59 Å². The number of hydrogen-bond acceptors (Lipinski definition) is 2. The van der Waals surface area contributed by atoms with E-state index >= 15 is 0 Å². The Morgan fingerprint density at radius 2 is 1.88 bits per heavy atom. The second-order valence-corrected chi connectivity index (χ2v) is 6.38. The molecule has 2 aromatic carbocycles. The number of aryl methyl sites for hydroxylation is 1. The lowest BCUT2D eigenvalue weighted by molar-refractivity contribution is -0.133. The van der Waals surface area contributed by atoms with Crippen LogP contribution in [0.5, 0.6) is 0 Å². The average molecular weight is 365 g/mol. The van der Waals surface area contributed by atoms with Gasteiger partial charge >= 0.3 is 0 Å². The third-order valence-corrected chi connectivity index (χ3v) is 4.00. The molecular formula is C18H18Cl2N2O2. The molecule has 0 aliphatic rings. The molecule has 0 saturated heterocycles. The predicted molar refractivity (Wildman–Crippen MR) is 97.4 cm³/mol. The zero-order chi connectivity index (χ0) is 17.7. The van der Waals surface area contributed by atoms with Gasteiger partial charge in [0, 0.05) is 18.5 Å². The van der Waals surface area contributed by atoms with Crippen LogP contribution in [0.1, 0.15) is 18.1 Å². The van der Waals surface area contributed by atoms with Gasteiger partial charge in [0.1, 0.15) is 6.54 Å². The number of carbonyl (C=O) groups excluding carboxylic acids is 2. The highest BCUT2D eigenvalue weighted by atomic mass is 35.5. The zero-order valence-electron chi connectivity index (χ0n) is 13.5. The van der Waals surface area contributed by atoms with Gasteiger partial charge in [0.25, 0.3) is 0 Å². The molecule has 0 radical (unpaired) electrons. The summed E-state index contributed by atoms with van der Waals surface area (Å²) in [5.41, 5.74) is 2.50. The van der Waals surface area contributed by atoms with Crippen molar-refractivity contribution < 1.29 is 9.59 Å². The first-order valence-electron chi connectivity index (χ1n) is 7.41. The quantitative estimate of drug-likeness (QED) is 0.859. The summed E-state index contributed by atoms with van der Waals surface area (Å²) < 4.78 is 0. The lowest BCUT2D eigenvalue weighted by atomic mass is 10.1. The van der Waals surface area contributed by atoms with Crippen LogP contribution < -0.4 is 5.32 Å². The fourth-order valence-corrected chi connectivity index (χ4v) is 2.60. The Balaban J connectivity index is 2.06. The molecule has 0 spiro atoms. The van der Waals surface area contributed by atoms with Crippen molar-refractivity contribution in [2.45, 2.75) is 20.4 Å². The number of benzene rings is 2. The maximum Gasteiger partial charge on any atom is 0.244 e. The first-order valence-corrected chi connectivity index (χ1v) is 8.16. The second kappa shape index (κ2) is 8.18. The lowest BCUT2D eigenvalue weighted by Crippen LogP contribution is -2.36. The van der Waals surface area contributed by atoms with Crippen molar-refractivity contribution in [2.75, 3.05) is 11.9 Å². The summed E-state index contributed by atoms with van der Waals surface area (Å²) in [6.45, 7) is 3.73. The highest BCUT2D eigenvalue weighted by Crippen LogP contribution is 2.25. The van der Waals surface area contributed by atoms with Crippen LogP contribution in [0.15, 0.2) is 42.5 Å². The van der Waals surface area contributed by atoms with Gasteiger partial charge in [-0.2, -0.15) is 0 Å². The molecule has 0 fully saturated rings. The Labute approximate surface area is 151 Å². The van der Waals surface area contributed by atoms with Crippen LogP contribution >= 0.6 is 23.2 Å². The van der Waals surface area contributed by atoms with Crippen LogP contribution in [0.3, 0.4) is 0 Å². The van der Waals surface area contributed by atoms with Crippen molar-refractivity contribution in [1.82, 2.24) is 4.90 Å². The summed E-state index contributed by atoms with van der Waals surface area (Å²) in [5, 5.41) is 3.54. The smallest absolute Gasteiger partial charge is 0.244 e. The SMILES string of the molecule is CC(=O)N(CC(=O)Nc1cc(Cl)ccc1Cl)Cc1cccc(C)c1. The minimum atomic E-state index is -0.331. The molecule has 0 unspecified atom stereocenters. The Morgan fingerprint density at radius 3 is 2.54 bits per heavy atom. The Hall–Kier alpha value is -2.04. The van der Waals surface area contributed by atoms with Gasteiger partial charge in [0.15, 0.2) is 0 Å². The largest absolute Gasteiger partial charge is 0.329 e. The molecule has 24 heavy (non-hydrogen) atoms. The van der Waals surface area contributed by atoms with Crippen LogP contribution in [0, 0.1) is 6.92 Å². The number of halogens is 2. The molecule has 0 aromatic heterocycles. The second-order valence-electron chi connectivity index (χ2n) is 5.54. The molecule has 2 rings (SSSR count). The van der Waals surface area contributed by atoms with Crippen LogP contribution in [-0.2, 0) is 16.1 Å². The molecule has 2 amide bonds. The van der Waals surface area contributed by atoms with Gasteiger partial charge in [-0.05, 0) is 30.7 Å². The third kappa shape index (κ3) is 5.25. The van der Waals surface area contributed by atoms with E-state index in [4.69, 9.17) is 23.2 Å². The molecular weight excluding hydrogens is 347 g/mol. The van der Waals surface area contributed by atoms with Crippen molar-refractivity contribution in [3.8, 4) is 0 Å². The Morgan fingerprint density at radius 1 is 1.12 bits per heavy atom. The molecule has 0 saturated carbocycles. The van der Waals surface area contributed by atoms with Crippen LogP contribution in [-0.4, -0.2) is 23.3 Å². The Kier molecular flexibility index (Phi) is 6.23. The first-order chi connectivity index (χ1) is 11.3. The molecule has 0 atom stereocenters. The average Bonchev–Trinajstić information content (AvgIpc) is 2.50. The number of anilines is 1. The van der Waals surface area contributed by atoms with E-state index < -0.39 is 0 Å². The lowest BCUT2D eigenvalue weighted by Gasteiger charge is -2.21. The van der Waals surface area contributed by atoms with Gasteiger partial charge in [-0.15, -0.1) is 0 Å². The third-order valence-electron chi connectivity index (χ3n) is 3.44. The van der Waals surface area contributed by atoms with E-state index in [0.29, 0.717) is 22.3 Å². The molecule has 2 aromatic rings. The van der Waals surface area contributed by atoms with Crippen molar-refractivity contribution in [3.05, 3.63) is 63.6 Å². The molecule has 126 valence electrons. The fourth-order valence-electron chi connectivity index (χ4n) is 2.27.